The van der Waals surface area contributed by atoms with Crippen molar-refractivity contribution in [3.8, 4) is 0 Å². The van der Waals surface area contributed by atoms with Crippen molar-refractivity contribution in [2.45, 2.75) is 39.3 Å². The third-order valence-corrected chi connectivity index (χ3v) is 5.79. The Hall–Kier alpha value is -3.22. The van der Waals surface area contributed by atoms with Crippen LogP contribution >= 0.6 is 0 Å². The lowest BCUT2D eigenvalue weighted by Gasteiger charge is -2.33. The minimum absolute atomic E-state index is 0.114. The third-order valence-electron chi connectivity index (χ3n) is 5.79. The van der Waals surface area contributed by atoms with Gasteiger partial charge >= 0.3 is 12.4 Å². The number of alkyl halides is 6. The number of aryl methyl sites for hydroxylation is 2. The number of halogens is 6. The van der Waals surface area contributed by atoms with Gasteiger partial charge in [-0.25, -0.2) is 0 Å². The quantitative estimate of drug-likeness (QED) is 0.359. The van der Waals surface area contributed by atoms with E-state index in [9.17, 15) is 26.3 Å². The van der Waals surface area contributed by atoms with Crippen molar-refractivity contribution >= 4 is 11.8 Å². The number of hydrogen-bond donors (Lipinski definition) is 0. The maximum Gasteiger partial charge on any atom is 0.416 e. The smallest absolute Gasteiger partial charge is 0.362 e. The van der Waals surface area contributed by atoms with Gasteiger partial charge in [-0.1, -0.05) is 48.0 Å². The fourth-order valence-corrected chi connectivity index (χ4v) is 4.09. The zero-order valence-electron chi connectivity index (χ0n) is 18.0. The molecule has 1 nitrogen and oxygen atoms in total. The van der Waals surface area contributed by atoms with E-state index in [4.69, 9.17) is 0 Å². The average molecular weight is 461 g/mol. The van der Waals surface area contributed by atoms with Crippen molar-refractivity contribution < 1.29 is 26.3 Å². The SMILES string of the molecule is Cc1ccc(CN2Cc3ccccc3C=C2c2cc(C(F)(F)F)cc(C(F)(F)F)c2)c(C)c1. The molecule has 0 unspecified atom stereocenters. The molecule has 1 aliphatic heterocycles. The Morgan fingerprint density at radius 1 is 0.788 bits per heavy atom. The first-order valence-electron chi connectivity index (χ1n) is 10.3. The van der Waals surface area contributed by atoms with Gasteiger partial charge in [-0.2, -0.15) is 26.3 Å². The molecule has 0 radical (unpaired) electrons. The van der Waals surface area contributed by atoms with E-state index in [1.807, 2.05) is 55.1 Å². The second-order valence-corrected chi connectivity index (χ2v) is 8.31. The number of hydrogen-bond acceptors (Lipinski definition) is 1. The van der Waals surface area contributed by atoms with Crippen molar-refractivity contribution in [1.29, 1.82) is 0 Å². The van der Waals surface area contributed by atoms with Crippen LogP contribution in [0.3, 0.4) is 0 Å². The summed E-state index contributed by atoms with van der Waals surface area (Å²) < 4.78 is 80.9. The van der Waals surface area contributed by atoms with E-state index < -0.39 is 23.5 Å². The lowest BCUT2D eigenvalue weighted by Crippen LogP contribution is -2.25. The lowest BCUT2D eigenvalue weighted by atomic mass is 9.94. The van der Waals surface area contributed by atoms with E-state index in [2.05, 4.69) is 0 Å². The maximum atomic E-state index is 13.5. The summed E-state index contributed by atoms with van der Waals surface area (Å²) in [5.74, 6) is 0. The fourth-order valence-electron chi connectivity index (χ4n) is 4.09. The van der Waals surface area contributed by atoms with Crippen LogP contribution < -0.4 is 0 Å². The summed E-state index contributed by atoms with van der Waals surface area (Å²) in [6, 6.07) is 15.0. The first-order chi connectivity index (χ1) is 15.4. The first kappa shape index (κ1) is 23.0. The second-order valence-electron chi connectivity index (χ2n) is 8.31. The van der Waals surface area contributed by atoms with Crippen molar-refractivity contribution in [2.75, 3.05) is 0 Å². The predicted molar refractivity (Wildman–Crippen MR) is 116 cm³/mol. The summed E-state index contributed by atoms with van der Waals surface area (Å²) in [7, 11) is 0. The van der Waals surface area contributed by atoms with E-state index in [1.165, 1.54) is 0 Å². The standard InChI is InChI=1S/C26H21F6N/c1-16-7-8-19(17(2)9-16)14-33-15-20-6-4-3-5-18(20)12-24(33)21-10-22(25(27,28)29)13-23(11-21)26(30,31)32/h3-13H,14-15H2,1-2H3. The summed E-state index contributed by atoms with van der Waals surface area (Å²) in [4.78, 5) is 1.83. The normalized spacial score (nSPS) is 14.2. The highest BCUT2D eigenvalue weighted by molar-refractivity contribution is 5.83. The molecule has 0 bridgehead atoms. The Bertz CT molecular complexity index is 1190. The van der Waals surface area contributed by atoms with Crippen molar-refractivity contribution in [3.63, 3.8) is 0 Å². The number of rotatable bonds is 3. The molecule has 0 atom stereocenters. The summed E-state index contributed by atoms with van der Waals surface area (Å²) in [6.45, 7) is 4.62. The fraction of sp³-hybridized carbons (Fsp3) is 0.231. The van der Waals surface area contributed by atoms with E-state index >= 15 is 0 Å². The Labute approximate surface area is 188 Å². The predicted octanol–water partition coefficient (Wildman–Crippen LogP) is 7.85. The Kier molecular flexibility index (Phi) is 5.76. The van der Waals surface area contributed by atoms with Crippen molar-refractivity contribution in [3.05, 3.63) is 105 Å². The molecule has 33 heavy (non-hydrogen) atoms. The molecular formula is C26H21F6N. The monoisotopic (exact) mass is 461 g/mol. The van der Waals surface area contributed by atoms with Crippen molar-refractivity contribution in [1.82, 2.24) is 4.90 Å². The van der Waals surface area contributed by atoms with Gasteiger partial charge in [0.2, 0.25) is 0 Å². The summed E-state index contributed by atoms with van der Waals surface area (Å²) in [5, 5.41) is 0. The highest BCUT2D eigenvalue weighted by Gasteiger charge is 2.37. The van der Waals surface area contributed by atoms with Gasteiger partial charge in [0.05, 0.1) is 11.1 Å². The Morgan fingerprint density at radius 3 is 2.03 bits per heavy atom. The van der Waals surface area contributed by atoms with Crippen LogP contribution in [-0.4, -0.2) is 4.90 Å². The van der Waals surface area contributed by atoms with Gasteiger partial charge < -0.3 is 4.90 Å². The Balaban J connectivity index is 1.87. The van der Waals surface area contributed by atoms with Gasteiger partial charge in [0.1, 0.15) is 0 Å². The molecule has 0 saturated carbocycles. The molecule has 3 aromatic carbocycles. The maximum absolute atomic E-state index is 13.5. The van der Waals surface area contributed by atoms with Crippen LogP contribution in [0.25, 0.3) is 11.8 Å². The summed E-state index contributed by atoms with van der Waals surface area (Å²) >= 11 is 0. The zero-order chi connectivity index (χ0) is 24.0. The molecule has 0 aliphatic carbocycles. The molecule has 0 saturated heterocycles. The van der Waals surface area contributed by atoms with Gasteiger partial charge in [0, 0.05) is 18.8 Å². The molecule has 3 aromatic rings. The van der Waals surface area contributed by atoms with Crippen LogP contribution in [0.15, 0.2) is 60.7 Å². The number of benzene rings is 3. The Morgan fingerprint density at radius 2 is 1.42 bits per heavy atom. The van der Waals surface area contributed by atoms with Crippen LogP contribution in [0, 0.1) is 13.8 Å². The highest BCUT2D eigenvalue weighted by Crippen LogP contribution is 2.40. The topological polar surface area (TPSA) is 3.24 Å². The van der Waals surface area contributed by atoms with E-state index in [0.29, 0.717) is 18.8 Å². The van der Waals surface area contributed by atoms with Crippen LogP contribution in [-0.2, 0) is 25.4 Å². The number of fused-ring (bicyclic) bond motifs is 1. The van der Waals surface area contributed by atoms with Crippen LogP contribution in [0.4, 0.5) is 26.3 Å². The minimum atomic E-state index is -4.90. The minimum Gasteiger partial charge on any atom is -0.362 e. The van der Waals surface area contributed by atoms with E-state index in [-0.39, 0.29) is 11.6 Å². The zero-order valence-corrected chi connectivity index (χ0v) is 18.0. The highest BCUT2D eigenvalue weighted by atomic mass is 19.4. The number of nitrogens with zero attached hydrogens (tertiary/aromatic N) is 1. The van der Waals surface area contributed by atoms with Gasteiger partial charge in [-0.3, -0.25) is 0 Å². The van der Waals surface area contributed by atoms with Crippen molar-refractivity contribution in [2.24, 2.45) is 0 Å². The molecule has 0 N–H and O–H groups in total. The second kappa shape index (κ2) is 8.28. The van der Waals surface area contributed by atoms with Gasteiger partial charge in [0.25, 0.3) is 0 Å². The van der Waals surface area contributed by atoms with Gasteiger partial charge in [-0.15, -0.1) is 0 Å². The summed E-state index contributed by atoms with van der Waals surface area (Å²) in [5.41, 5.74) is 2.33. The van der Waals surface area contributed by atoms with E-state index in [1.54, 1.807) is 12.1 Å². The molecule has 0 aromatic heterocycles. The average Bonchev–Trinajstić information content (AvgIpc) is 2.73. The van der Waals surface area contributed by atoms with E-state index in [0.717, 1.165) is 39.9 Å². The molecule has 1 aliphatic rings. The molecule has 4 rings (SSSR count). The molecule has 0 amide bonds. The first-order valence-corrected chi connectivity index (χ1v) is 10.3. The third kappa shape index (κ3) is 4.92. The van der Waals surface area contributed by atoms with Crippen LogP contribution in [0.5, 0.6) is 0 Å². The summed E-state index contributed by atoms with van der Waals surface area (Å²) in [6.07, 6.45) is -8.14. The molecule has 172 valence electrons. The van der Waals surface area contributed by atoms with Crippen LogP contribution in [0.2, 0.25) is 0 Å². The molecule has 0 fully saturated rings. The van der Waals surface area contributed by atoms with Gasteiger partial charge in [0.15, 0.2) is 0 Å². The van der Waals surface area contributed by atoms with Gasteiger partial charge in [-0.05, 0) is 65.9 Å². The molecule has 7 heteroatoms. The lowest BCUT2D eigenvalue weighted by molar-refractivity contribution is -0.143. The molecule has 0 spiro atoms. The largest absolute Gasteiger partial charge is 0.416 e. The molecular weight excluding hydrogens is 440 g/mol. The molecule has 1 heterocycles. The van der Waals surface area contributed by atoms with Crippen LogP contribution in [0.1, 0.15) is 44.5 Å².